The van der Waals surface area contributed by atoms with Crippen molar-refractivity contribution >= 4 is 11.9 Å². The average molecular weight is 395 g/mol. The fraction of sp³-hybridized carbons (Fsp3) is 0.524. The van der Waals surface area contributed by atoms with E-state index >= 15 is 0 Å². The minimum Gasteiger partial charge on any atom is -0.378 e. The zero-order valence-corrected chi connectivity index (χ0v) is 16.6. The molecule has 0 aromatic carbocycles. The number of morpholine rings is 1. The van der Waals surface area contributed by atoms with E-state index in [1.807, 2.05) is 17.9 Å². The van der Waals surface area contributed by atoms with Crippen molar-refractivity contribution in [2.75, 3.05) is 50.9 Å². The van der Waals surface area contributed by atoms with E-state index in [1.165, 1.54) is 0 Å². The summed E-state index contributed by atoms with van der Waals surface area (Å²) < 4.78 is 11.4. The average Bonchev–Trinajstić information content (AvgIpc) is 3.20. The predicted octanol–water partition coefficient (Wildman–Crippen LogP) is 1.33. The minimum absolute atomic E-state index is 0.0151. The monoisotopic (exact) mass is 395 g/mol. The molecule has 1 unspecified atom stereocenters. The number of pyridine rings is 1. The van der Waals surface area contributed by atoms with Gasteiger partial charge in [-0.3, -0.25) is 9.78 Å². The molecule has 8 nitrogen and oxygen atoms in total. The summed E-state index contributed by atoms with van der Waals surface area (Å²) >= 11 is 0. The number of aryl methyl sites for hydroxylation is 1. The first-order chi connectivity index (χ1) is 14.2. The highest BCUT2D eigenvalue weighted by atomic mass is 16.5. The number of hydrogen-bond donors (Lipinski definition) is 0. The van der Waals surface area contributed by atoms with E-state index in [9.17, 15) is 4.79 Å². The first kappa shape index (κ1) is 18.4. The molecule has 2 saturated heterocycles. The Labute approximate surface area is 169 Å². The van der Waals surface area contributed by atoms with Gasteiger partial charge in [0, 0.05) is 49.8 Å². The fourth-order valence-electron chi connectivity index (χ4n) is 4.54. The maximum Gasteiger partial charge on any atom is 0.255 e. The van der Waals surface area contributed by atoms with Crippen molar-refractivity contribution < 1.29 is 14.3 Å². The van der Waals surface area contributed by atoms with Gasteiger partial charge in [-0.15, -0.1) is 0 Å². The van der Waals surface area contributed by atoms with Crippen LogP contribution in [-0.4, -0.2) is 71.8 Å². The zero-order chi connectivity index (χ0) is 19.8. The van der Waals surface area contributed by atoms with Crippen molar-refractivity contribution in [2.24, 2.45) is 0 Å². The molecule has 5 rings (SSSR count). The number of anilines is 1. The van der Waals surface area contributed by atoms with Gasteiger partial charge < -0.3 is 19.3 Å². The van der Waals surface area contributed by atoms with Gasteiger partial charge in [-0.2, -0.15) is 0 Å². The van der Waals surface area contributed by atoms with Crippen LogP contribution in [0.3, 0.4) is 0 Å². The zero-order valence-electron chi connectivity index (χ0n) is 16.6. The van der Waals surface area contributed by atoms with E-state index in [0.717, 1.165) is 42.4 Å². The number of hydrogen-bond acceptors (Lipinski definition) is 7. The van der Waals surface area contributed by atoms with Crippen LogP contribution >= 0.6 is 0 Å². The number of carbonyl (C=O) groups excluding carboxylic acids is 1. The van der Waals surface area contributed by atoms with Crippen molar-refractivity contribution in [3.05, 3.63) is 47.0 Å². The molecule has 0 bridgehead atoms. The van der Waals surface area contributed by atoms with Gasteiger partial charge in [-0.1, -0.05) is 0 Å². The Morgan fingerprint density at radius 3 is 2.83 bits per heavy atom. The number of rotatable bonds is 2. The molecule has 0 radical (unpaired) electrons. The normalized spacial score (nSPS) is 24.0. The lowest BCUT2D eigenvalue weighted by Crippen LogP contribution is -2.43. The summed E-state index contributed by atoms with van der Waals surface area (Å²) in [7, 11) is 0. The standard InChI is InChI=1S/C21H25N5O3/c1-15-17-12-29-14-21(18(17)24-20(23-15)25-7-9-28-10-8-25)4-6-26(13-21)19(27)16-3-2-5-22-11-16/h2-3,5,11H,4,6-10,12-14H2,1H3. The van der Waals surface area contributed by atoms with Gasteiger partial charge >= 0.3 is 0 Å². The Bertz CT molecular complexity index is 916. The maximum atomic E-state index is 13.0. The minimum atomic E-state index is -0.278. The number of nitrogens with zero attached hydrogens (tertiary/aromatic N) is 5. The van der Waals surface area contributed by atoms with Crippen molar-refractivity contribution in [1.29, 1.82) is 0 Å². The van der Waals surface area contributed by atoms with Crippen LogP contribution in [0.25, 0.3) is 0 Å². The van der Waals surface area contributed by atoms with Crippen LogP contribution in [0, 0.1) is 6.92 Å². The van der Waals surface area contributed by atoms with Crippen molar-refractivity contribution in [3.63, 3.8) is 0 Å². The molecule has 152 valence electrons. The summed E-state index contributed by atoms with van der Waals surface area (Å²) in [5, 5.41) is 0. The Hall–Kier alpha value is -2.58. The maximum absolute atomic E-state index is 13.0. The highest BCUT2D eigenvalue weighted by Gasteiger charge is 2.47. The van der Waals surface area contributed by atoms with E-state index < -0.39 is 0 Å². The van der Waals surface area contributed by atoms with Crippen LogP contribution in [0.2, 0.25) is 0 Å². The van der Waals surface area contributed by atoms with E-state index in [4.69, 9.17) is 19.4 Å². The Kier molecular flexibility index (Phi) is 4.67. The third kappa shape index (κ3) is 3.26. The fourth-order valence-corrected chi connectivity index (χ4v) is 4.54. The van der Waals surface area contributed by atoms with Gasteiger partial charge in [0.15, 0.2) is 0 Å². The Morgan fingerprint density at radius 1 is 1.17 bits per heavy atom. The summed E-state index contributed by atoms with van der Waals surface area (Å²) in [4.78, 5) is 30.9. The summed E-state index contributed by atoms with van der Waals surface area (Å²) in [5.41, 5.74) is 3.44. The SMILES string of the molecule is Cc1nc(N2CCOCC2)nc2c1COCC21CCN(C(=O)c2cccnc2)C1. The second-order valence-corrected chi connectivity index (χ2v) is 8.03. The Morgan fingerprint density at radius 2 is 2.03 bits per heavy atom. The molecule has 0 saturated carbocycles. The van der Waals surface area contributed by atoms with Crippen LogP contribution < -0.4 is 4.90 Å². The second-order valence-electron chi connectivity index (χ2n) is 8.03. The molecular formula is C21H25N5O3. The van der Waals surface area contributed by atoms with Gasteiger partial charge in [-0.05, 0) is 25.5 Å². The molecule has 1 atom stereocenters. The molecule has 2 aromatic rings. The molecule has 5 heterocycles. The van der Waals surface area contributed by atoms with Crippen LogP contribution in [0.1, 0.15) is 33.7 Å². The number of carbonyl (C=O) groups is 1. The van der Waals surface area contributed by atoms with Crippen LogP contribution in [0.4, 0.5) is 5.95 Å². The smallest absolute Gasteiger partial charge is 0.255 e. The molecule has 29 heavy (non-hydrogen) atoms. The molecule has 0 aliphatic carbocycles. The van der Waals surface area contributed by atoms with Gasteiger partial charge in [0.25, 0.3) is 5.91 Å². The molecular weight excluding hydrogens is 370 g/mol. The third-order valence-electron chi connectivity index (χ3n) is 6.17. The van der Waals surface area contributed by atoms with Gasteiger partial charge in [0.1, 0.15) is 0 Å². The number of fused-ring (bicyclic) bond motifs is 2. The lowest BCUT2D eigenvalue weighted by Gasteiger charge is -2.36. The van der Waals surface area contributed by atoms with Gasteiger partial charge in [0.05, 0.1) is 43.1 Å². The van der Waals surface area contributed by atoms with Gasteiger partial charge in [-0.25, -0.2) is 9.97 Å². The van der Waals surface area contributed by atoms with E-state index in [-0.39, 0.29) is 11.3 Å². The summed E-state index contributed by atoms with van der Waals surface area (Å²) in [6.07, 6.45) is 4.15. The summed E-state index contributed by atoms with van der Waals surface area (Å²) in [6, 6.07) is 3.61. The summed E-state index contributed by atoms with van der Waals surface area (Å²) in [6.45, 7) is 7.42. The number of aromatic nitrogens is 3. The second kappa shape index (κ2) is 7.35. The first-order valence-corrected chi connectivity index (χ1v) is 10.1. The topological polar surface area (TPSA) is 80.7 Å². The summed E-state index contributed by atoms with van der Waals surface area (Å²) in [5.74, 6) is 0.782. The largest absolute Gasteiger partial charge is 0.378 e. The van der Waals surface area contributed by atoms with Crippen LogP contribution in [-0.2, 0) is 21.5 Å². The molecule has 8 heteroatoms. The quantitative estimate of drug-likeness (QED) is 0.759. The highest BCUT2D eigenvalue weighted by Crippen LogP contribution is 2.40. The van der Waals surface area contributed by atoms with Gasteiger partial charge in [0.2, 0.25) is 5.95 Å². The Balaban J connectivity index is 1.47. The van der Waals surface area contributed by atoms with E-state index in [1.54, 1.807) is 18.5 Å². The highest BCUT2D eigenvalue weighted by molar-refractivity contribution is 5.94. The molecule has 1 spiro atoms. The van der Waals surface area contributed by atoms with Crippen molar-refractivity contribution in [3.8, 4) is 0 Å². The van der Waals surface area contributed by atoms with Crippen LogP contribution in [0.15, 0.2) is 24.5 Å². The number of likely N-dealkylation sites (tertiary alicyclic amines) is 1. The van der Waals surface area contributed by atoms with Crippen molar-refractivity contribution in [2.45, 2.75) is 25.4 Å². The molecule has 3 aliphatic heterocycles. The lowest BCUT2D eigenvalue weighted by molar-refractivity contribution is 0.0479. The lowest BCUT2D eigenvalue weighted by atomic mass is 9.80. The number of ether oxygens (including phenoxy) is 2. The van der Waals surface area contributed by atoms with E-state index in [2.05, 4.69) is 9.88 Å². The molecule has 2 aromatic heterocycles. The van der Waals surface area contributed by atoms with E-state index in [0.29, 0.717) is 45.1 Å². The predicted molar refractivity (Wildman–Crippen MR) is 106 cm³/mol. The molecule has 1 amide bonds. The molecule has 2 fully saturated rings. The molecule has 0 N–H and O–H groups in total. The van der Waals surface area contributed by atoms with Crippen LogP contribution in [0.5, 0.6) is 0 Å². The first-order valence-electron chi connectivity index (χ1n) is 10.1. The molecule has 3 aliphatic rings. The number of amides is 1. The third-order valence-corrected chi connectivity index (χ3v) is 6.17. The van der Waals surface area contributed by atoms with Crippen molar-refractivity contribution in [1.82, 2.24) is 19.9 Å².